The maximum atomic E-state index is 12.2. The molecule has 0 spiro atoms. The number of hydrogen-bond donors (Lipinski definition) is 1. The van der Waals surface area contributed by atoms with Crippen LogP contribution in [-0.4, -0.2) is 38.7 Å². The van der Waals surface area contributed by atoms with Crippen LogP contribution in [0.1, 0.15) is 29.6 Å². The lowest BCUT2D eigenvalue weighted by Gasteiger charge is -2.23. The van der Waals surface area contributed by atoms with E-state index >= 15 is 0 Å². The molecule has 4 rings (SSSR count). The van der Waals surface area contributed by atoms with Gasteiger partial charge in [0.1, 0.15) is 5.71 Å². The fourth-order valence-corrected chi connectivity index (χ4v) is 3.53. The number of rotatable bonds is 6. The summed E-state index contributed by atoms with van der Waals surface area (Å²) in [7, 11) is 0. The highest BCUT2D eigenvalue weighted by molar-refractivity contribution is 6.69. The van der Waals surface area contributed by atoms with Gasteiger partial charge in [0.25, 0.3) is 5.56 Å². The van der Waals surface area contributed by atoms with Crippen LogP contribution in [0.3, 0.4) is 0 Å². The van der Waals surface area contributed by atoms with Gasteiger partial charge in [0, 0.05) is 30.0 Å². The van der Waals surface area contributed by atoms with Gasteiger partial charge in [-0.3, -0.25) is 4.79 Å². The predicted molar refractivity (Wildman–Crippen MR) is 124 cm³/mol. The van der Waals surface area contributed by atoms with Crippen molar-refractivity contribution in [2.24, 2.45) is 10.1 Å². The summed E-state index contributed by atoms with van der Waals surface area (Å²) >= 11 is 0. The smallest absolute Gasteiger partial charge is 0.358 e. The third-order valence-corrected chi connectivity index (χ3v) is 5.48. The molecule has 1 N–H and O–H groups in total. The van der Waals surface area contributed by atoms with E-state index in [2.05, 4.69) is 39.0 Å². The number of aliphatic imine (C=N–C) groups is 1. The van der Waals surface area contributed by atoms with Gasteiger partial charge in [-0.15, -0.1) is 0 Å². The molecule has 0 bridgehead atoms. The van der Waals surface area contributed by atoms with E-state index in [1.807, 2.05) is 42.5 Å². The summed E-state index contributed by atoms with van der Waals surface area (Å²) < 4.78 is 1.37. The van der Waals surface area contributed by atoms with Crippen molar-refractivity contribution in [1.29, 1.82) is 0 Å². The third kappa shape index (κ3) is 3.94. The molecule has 0 atom stereocenters. The Hall–Kier alpha value is -4.07. The number of hydrogen-bond acceptors (Lipinski definition) is 6. The zero-order chi connectivity index (χ0) is 22.8. The Morgan fingerprint density at radius 2 is 1.78 bits per heavy atom. The molecule has 0 unspecified atom stereocenters. The van der Waals surface area contributed by atoms with Gasteiger partial charge in [-0.1, -0.05) is 30.3 Å². The molecular formula is C24H23N5O3. The summed E-state index contributed by atoms with van der Waals surface area (Å²) in [6, 6.07) is 17.7. The van der Waals surface area contributed by atoms with E-state index in [1.165, 1.54) is 10.2 Å². The van der Waals surface area contributed by atoms with Crippen molar-refractivity contribution in [2.75, 3.05) is 11.4 Å². The quantitative estimate of drug-likeness (QED) is 0.648. The molecule has 8 heteroatoms. The van der Waals surface area contributed by atoms with Crippen LogP contribution in [0.25, 0.3) is 0 Å². The van der Waals surface area contributed by atoms with Gasteiger partial charge in [0.2, 0.25) is 0 Å². The van der Waals surface area contributed by atoms with E-state index in [0.717, 1.165) is 18.8 Å². The number of carboxylic acid groups (broad SMARTS) is 1. The van der Waals surface area contributed by atoms with Crippen molar-refractivity contribution in [2.45, 2.75) is 27.3 Å². The van der Waals surface area contributed by atoms with Crippen molar-refractivity contribution in [1.82, 2.24) is 9.66 Å². The van der Waals surface area contributed by atoms with E-state index in [4.69, 9.17) is 0 Å². The molecule has 0 aliphatic carbocycles. The van der Waals surface area contributed by atoms with Crippen LogP contribution in [0, 0.1) is 13.8 Å². The number of nitrogens with zero attached hydrogens (tertiary/aromatic N) is 5. The number of aliphatic carboxylic acids is 1. The summed E-state index contributed by atoms with van der Waals surface area (Å²) in [5.41, 5.74) is 3.17. The van der Waals surface area contributed by atoms with Crippen LogP contribution in [-0.2, 0) is 11.3 Å². The number of anilines is 1. The zero-order valence-electron chi connectivity index (χ0n) is 18.1. The van der Waals surface area contributed by atoms with Crippen LogP contribution in [0.4, 0.5) is 11.4 Å². The third-order valence-electron chi connectivity index (χ3n) is 5.48. The Balaban J connectivity index is 1.68. The van der Waals surface area contributed by atoms with Crippen LogP contribution in [0.5, 0.6) is 0 Å². The highest BCUT2D eigenvalue weighted by Crippen LogP contribution is 2.24. The van der Waals surface area contributed by atoms with E-state index in [-0.39, 0.29) is 17.2 Å². The Bertz CT molecular complexity index is 1290. The van der Waals surface area contributed by atoms with Gasteiger partial charge in [-0.25, -0.2) is 14.5 Å². The fraction of sp³-hybridized carbons (Fsp3) is 0.208. The second-order valence-corrected chi connectivity index (χ2v) is 7.49. The lowest BCUT2D eigenvalue weighted by atomic mass is 10.2. The van der Waals surface area contributed by atoms with Gasteiger partial charge in [-0.05, 0) is 50.6 Å². The van der Waals surface area contributed by atoms with Crippen molar-refractivity contribution in [3.63, 3.8) is 0 Å². The Labute approximate surface area is 185 Å². The average molecular weight is 429 g/mol. The van der Waals surface area contributed by atoms with E-state index in [0.29, 0.717) is 16.9 Å². The second kappa shape index (κ2) is 8.58. The summed E-state index contributed by atoms with van der Waals surface area (Å²) in [4.78, 5) is 34.7. The maximum Gasteiger partial charge on any atom is 0.358 e. The molecule has 0 saturated carbocycles. The molecule has 32 heavy (non-hydrogen) atoms. The van der Waals surface area contributed by atoms with Crippen LogP contribution in [0.15, 0.2) is 69.5 Å². The van der Waals surface area contributed by atoms with Gasteiger partial charge < -0.3 is 10.0 Å². The summed E-state index contributed by atoms with van der Waals surface area (Å²) in [6.07, 6.45) is 0. The normalized spacial score (nSPS) is 13.7. The molecule has 0 radical (unpaired) electrons. The minimum atomic E-state index is -1.23. The first-order valence-corrected chi connectivity index (χ1v) is 10.3. The molecule has 0 amide bonds. The lowest BCUT2D eigenvalue weighted by Crippen LogP contribution is -2.25. The molecule has 8 nitrogen and oxygen atoms in total. The number of carboxylic acids is 1. The van der Waals surface area contributed by atoms with Gasteiger partial charge in [0.05, 0.1) is 5.69 Å². The number of benzene rings is 2. The van der Waals surface area contributed by atoms with Crippen molar-refractivity contribution < 1.29 is 9.90 Å². The zero-order valence-corrected chi connectivity index (χ0v) is 18.1. The molecule has 2 heterocycles. The number of aromatic nitrogens is 2. The molecule has 1 aliphatic heterocycles. The Morgan fingerprint density at radius 3 is 2.41 bits per heavy atom. The van der Waals surface area contributed by atoms with Gasteiger partial charge in [0.15, 0.2) is 11.5 Å². The molecule has 162 valence electrons. The minimum absolute atomic E-state index is 0.0714. The van der Waals surface area contributed by atoms with E-state index < -0.39 is 11.5 Å². The maximum absolute atomic E-state index is 12.2. The predicted octanol–water partition coefficient (Wildman–Crippen LogP) is 3.31. The van der Waals surface area contributed by atoms with Crippen molar-refractivity contribution in [3.05, 3.63) is 87.6 Å². The molecule has 1 aromatic heterocycles. The molecular weight excluding hydrogens is 406 g/mol. The highest BCUT2D eigenvalue weighted by Gasteiger charge is 2.31. The molecule has 0 fully saturated rings. The highest BCUT2D eigenvalue weighted by atomic mass is 16.4. The first-order valence-electron chi connectivity index (χ1n) is 10.3. The second-order valence-electron chi connectivity index (χ2n) is 7.49. The number of fused-ring (bicyclic) bond motifs is 1. The molecule has 0 saturated heterocycles. The van der Waals surface area contributed by atoms with E-state index in [1.54, 1.807) is 13.8 Å². The topological polar surface area (TPSA) is 100 Å². The molecule has 3 aromatic rings. The van der Waals surface area contributed by atoms with Gasteiger partial charge in [-0.2, -0.15) is 10.1 Å². The van der Waals surface area contributed by atoms with Crippen molar-refractivity contribution >= 4 is 28.8 Å². The van der Waals surface area contributed by atoms with Gasteiger partial charge >= 0.3 is 5.97 Å². The van der Waals surface area contributed by atoms with Crippen LogP contribution in [0.2, 0.25) is 0 Å². The molecule has 2 aromatic carbocycles. The monoisotopic (exact) mass is 429 g/mol. The first-order chi connectivity index (χ1) is 15.4. The average Bonchev–Trinajstić information content (AvgIpc) is 3.15. The summed E-state index contributed by atoms with van der Waals surface area (Å²) in [5, 5.41) is 13.7. The van der Waals surface area contributed by atoms with Crippen LogP contribution >= 0.6 is 0 Å². The Morgan fingerprint density at radius 1 is 1.09 bits per heavy atom. The SMILES string of the molecule is CCN(Cc1ccccc1)c1ccc(N=C2C(C(=O)O)=Nn3c2nc(=O)c(C)c3C)cc1. The van der Waals surface area contributed by atoms with Crippen molar-refractivity contribution in [3.8, 4) is 0 Å². The number of carbonyl (C=O) groups is 1. The Kier molecular flexibility index (Phi) is 5.68. The first kappa shape index (κ1) is 21.2. The summed E-state index contributed by atoms with van der Waals surface area (Å²) in [5.74, 6) is -1.09. The lowest BCUT2D eigenvalue weighted by molar-refractivity contribution is -0.129. The minimum Gasteiger partial charge on any atom is -0.476 e. The largest absolute Gasteiger partial charge is 0.476 e. The standard InChI is InChI=1S/C24H23N5O3/c1-4-28(14-17-8-6-5-7-9-17)19-12-10-18(11-13-19)25-20-21(24(31)32)27-29-16(3)15(2)23(30)26-22(20)29/h5-13H,4,14H2,1-3H3,(H,31,32). The summed E-state index contributed by atoms with van der Waals surface area (Å²) in [6.45, 7) is 7.04. The fourth-order valence-electron chi connectivity index (χ4n) is 3.53. The van der Waals surface area contributed by atoms with Crippen LogP contribution < -0.4 is 10.5 Å². The van der Waals surface area contributed by atoms with E-state index in [9.17, 15) is 14.7 Å². The molecule has 1 aliphatic rings.